The fourth-order valence-electron chi connectivity index (χ4n) is 0.934. The number of halogens is 2. The van der Waals surface area contributed by atoms with Crippen molar-refractivity contribution in [3.63, 3.8) is 0 Å². The van der Waals surface area contributed by atoms with Gasteiger partial charge in [0.25, 0.3) is 0 Å². The molecular weight excluding hydrogens is 302 g/mol. The van der Waals surface area contributed by atoms with Crippen LogP contribution in [0.4, 0.5) is 4.39 Å². The van der Waals surface area contributed by atoms with Gasteiger partial charge in [-0.3, -0.25) is 4.79 Å². The molecule has 6 heteroatoms. The number of aliphatic carboxylic acids is 1. The highest BCUT2D eigenvalue weighted by molar-refractivity contribution is 14.1. The fraction of sp³-hybridized carbons (Fsp3) is 0.250. The van der Waals surface area contributed by atoms with Crippen LogP contribution in [-0.2, 0) is 11.2 Å². The first kappa shape index (κ1) is 11.3. The summed E-state index contributed by atoms with van der Waals surface area (Å²) >= 11 is 1.91. The van der Waals surface area contributed by atoms with E-state index in [1.165, 1.54) is 6.20 Å². The van der Waals surface area contributed by atoms with Gasteiger partial charge in [-0.15, -0.1) is 0 Å². The van der Waals surface area contributed by atoms with Crippen molar-refractivity contribution in [3.05, 3.63) is 27.3 Å². The van der Waals surface area contributed by atoms with Gasteiger partial charge in [0.2, 0.25) is 5.95 Å². The molecule has 0 spiro atoms. The molecule has 14 heavy (non-hydrogen) atoms. The van der Waals surface area contributed by atoms with Gasteiger partial charge in [-0.25, -0.2) is 4.98 Å². The van der Waals surface area contributed by atoms with Gasteiger partial charge in [-0.1, -0.05) is 0 Å². The number of carbonyl (C=O) groups is 1. The van der Waals surface area contributed by atoms with Crippen molar-refractivity contribution >= 4 is 28.6 Å². The predicted octanol–water partition coefficient (Wildman–Crippen LogP) is 0.780. The molecule has 0 bridgehead atoms. The van der Waals surface area contributed by atoms with Crippen LogP contribution in [0.25, 0.3) is 0 Å². The summed E-state index contributed by atoms with van der Waals surface area (Å²) in [5, 5.41) is 8.55. The summed E-state index contributed by atoms with van der Waals surface area (Å²) < 4.78 is 13.7. The minimum Gasteiger partial charge on any atom is -0.480 e. The molecule has 1 rings (SSSR count). The minimum absolute atomic E-state index is 0.0483. The Kier molecular flexibility index (Phi) is 3.76. The molecule has 1 aromatic heterocycles. The number of hydrogen-bond donors (Lipinski definition) is 2. The number of hydrogen-bond acceptors (Lipinski definition) is 3. The van der Waals surface area contributed by atoms with Crippen LogP contribution in [0.2, 0.25) is 0 Å². The van der Waals surface area contributed by atoms with Crippen LogP contribution in [0.3, 0.4) is 0 Å². The molecular formula is C8H8FIN2O2. The molecule has 0 aliphatic carbocycles. The monoisotopic (exact) mass is 310 g/mol. The zero-order chi connectivity index (χ0) is 10.7. The molecule has 0 radical (unpaired) electrons. The second kappa shape index (κ2) is 4.65. The third-order valence-corrected chi connectivity index (χ3v) is 2.70. The van der Waals surface area contributed by atoms with Crippen LogP contribution < -0.4 is 5.73 Å². The smallest absolute Gasteiger partial charge is 0.320 e. The summed E-state index contributed by atoms with van der Waals surface area (Å²) in [6.45, 7) is 0. The third-order valence-electron chi connectivity index (χ3n) is 1.69. The van der Waals surface area contributed by atoms with E-state index in [-0.39, 0.29) is 12.0 Å². The Morgan fingerprint density at radius 3 is 2.93 bits per heavy atom. The van der Waals surface area contributed by atoms with E-state index >= 15 is 0 Å². The van der Waals surface area contributed by atoms with Gasteiger partial charge in [0.05, 0.1) is 0 Å². The highest BCUT2D eigenvalue weighted by Crippen LogP contribution is 2.15. The van der Waals surface area contributed by atoms with Crippen molar-refractivity contribution in [2.45, 2.75) is 12.5 Å². The largest absolute Gasteiger partial charge is 0.480 e. The van der Waals surface area contributed by atoms with Crippen LogP contribution in [0.15, 0.2) is 12.3 Å². The maximum absolute atomic E-state index is 13.1. The standard InChI is InChI=1S/C8H8FIN2O2/c9-7-4(3-6(11)8(13)14)5(10)1-2-12-7/h1-2,6H,3,11H2,(H,13,14)/t6-/m0/s1. The number of carboxylic acid groups (broad SMARTS) is 1. The Bertz CT molecular complexity index is 339. The maximum atomic E-state index is 13.1. The Labute approximate surface area is 93.5 Å². The first-order valence-corrected chi connectivity index (χ1v) is 4.87. The number of pyridine rings is 1. The fourth-order valence-corrected chi connectivity index (χ4v) is 1.54. The minimum atomic E-state index is -1.15. The van der Waals surface area contributed by atoms with E-state index in [4.69, 9.17) is 10.8 Å². The maximum Gasteiger partial charge on any atom is 0.320 e. The summed E-state index contributed by atoms with van der Waals surface area (Å²) in [5.74, 6) is -1.81. The summed E-state index contributed by atoms with van der Waals surface area (Å²) in [5.41, 5.74) is 5.54. The Balaban J connectivity index is 2.91. The lowest BCUT2D eigenvalue weighted by Gasteiger charge is -2.08. The van der Waals surface area contributed by atoms with Crippen molar-refractivity contribution in [1.82, 2.24) is 4.98 Å². The Morgan fingerprint density at radius 1 is 1.79 bits per heavy atom. The van der Waals surface area contributed by atoms with Gasteiger partial charge in [-0.05, 0) is 28.7 Å². The normalized spacial score (nSPS) is 12.5. The molecule has 0 unspecified atom stereocenters. The molecule has 0 aromatic carbocycles. The van der Waals surface area contributed by atoms with Crippen LogP contribution in [0, 0.1) is 9.52 Å². The highest BCUT2D eigenvalue weighted by Gasteiger charge is 2.17. The second-order valence-corrected chi connectivity index (χ2v) is 3.87. The lowest BCUT2D eigenvalue weighted by Crippen LogP contribution is -2.33. The second-order valence-electron chi connectivity index (χ2n) is 2.71. The topological polar surface area (TPSA) is 76.2 Å². The van der Waals surface area contributed by atoms with Gasteiger partial charge in [0, 0.05) is 21.8 Å². The van der Waals surface area contributed by atoms with Crippen molar-refractivity contribution in [2.24, 2.45) is 5.73 Å². The molecule has 1 atom stereocenters. The highest BCUT2D eigenvalue weighted by atomic mass is 127. The number of carboxylic acids is 1. The third kappa shape index (κ3) is 2.61. The summed E-state index contributed by atoms with van der Waals surface area (Å²) in [6, 6.07) is 0.510. The molecule has 3 N–H and O–H groups in total. The first-order valence-electron chi connectivity index (χ1n) is 3.79. The Morgan fingerprint density at radius 2 is 2.43 bits per heavy atom. The van der Waals surface area contributed by atoms with Crippen LogP contribution in [0.1, 0.15) is 5.56 Å². The van der Waals surface area contributed by atoms with E-state index in [0.717, 1.165) is 0 Å². The molecule has 0 aliphatic rings. The molecule has 0 saturated heterocycles. The van der Waals surface area contributed by atoms with E-state index in [0.29, 0.717) is 3.57 Å². The zero-order valence-electron chi connectivity index (χ0n) is 7.08. The molecule has 0 aliphatic heterocycles. The first-order chi connectivity index (χ1) is 6.52. The van der Waals surface area contributed by atoms with Gasteiger partial charge >= 0.3 is 5.97 Å². The molecule has 0 amide bonds. The lowest BCUT2D eigenvalue weighted by molar-refractivity contribution is -0.138. The van der Waals surface area contributed by atoms with Crippen LogP contribution >= 0.6 is 22.6 Å². The van der Waals surface area contributed by atoms with Crippen molar-refractivity contribution < 1.29 is 14.3 Å². The van der Waals surface area contributed by atoms with E-state index in [1.807, 2.05) is 22.6 Å². The molecule has 1 heterocycles. The predicted molar refractivity (Wildman–Crippen MR) is 56.2 cm³/mol. The van der Waals surface area contributed by atoms with Gasteiger partial charge in [0.1, 0.15) is 6.04 Å². The SMILES string of the molecule is N[C@@H](Cc1c(I)ccnc1F)C(=O)O. The number of nitrogens with zero attached hydrogens (tertiary/aromatic N) is 1. The van der Waals surface area contributed by atoms with Crippen molar-refractivity contribution in [2.75, 3.05) is 0 Å². The van der Waals surface area contributed by atoms with E-state index in [2.05, 4.69) is 4.98 Å². The van der Waals surface area contributed by atoms with Crippen molar-refractivity contribution in [1.29, 1.82) is 0 Å². The van der Waals surface area contributed by atoms with Gasteiger partial charge in [0.15, 0.2) is 0 Å². The molecule has 0 fully saturated rings. The summed E-state index contributed by atoms with van der Waals surface area (Å²) in [7, 11) is 0. The number of nitrogens with two attached hydrogens (primary N) is 1. The van der Waals surface area contributed by atoms with E-state index < -0.39 is 18.0 Å². The number of rotatable bonds is 3. The van der Waals surface area contributed by atoms with Gasteiger partial charge in [-0.2, -0.15) is 4.39 Å². The number of aromatic nitrogens is 1. The molecule has 76 valence electrons. The molecule has 1 aromatic rings. The average Bonchev–Trinajstić information content (AvgIpc) is 2.11. The van der Waals surface area contributed by atoms with Crippen LogP contribution in [0.5, 0.6) is 0 Å². The molecule has 0 saturated carbocycles. The van der Waals surface area contributed by atoms with E-state index in [1.54, 1.807) is 6.07 Å². The summed E-state index contributed by atoms with van der Waals surface area (Å²) in [4.78, 5) is 13.9. The summed E-state index contributed by atoms with van der Waals surface area (Å²) in [6.07, 6.45) is 1.28. The molecule has 4 nitrogen and oxygen atoms in total. The quantitative estimate of drug-likeness (QED) is 0.639. The van der Waals surface area contributed by atoms with Crippen LogP contribution in [-0.4, -0.2) is 22.1 Å². The lowest BCUT2D eigenvalue weighted by atomic mass is 10.1. The Hall–Kier alpha value is -0.760. The van der Waals surface area contributed by atoms with Gasteiger partial charge < -0.3 is 10.8 Å². The van der Waals surface area contributed by atoms with Crippen molar-refractivity contribution in [3.8, 4) is 0 Å². The average molecular weight is 310 g/mol. The van der Waals surface area contributed by atoms with E-state index in [9.17, 15) is 9.18 Å². The zero-order valence-corrected chi connectivity index (χ0v) is 9.23.